The van der Waals surface area contributed by atoms with Gasteiger partial charge in [-0.1, -0.05) is 12.1 Å². The lowest BCUT2D eigenvalue weighted by atomic mass is 10.2. The van der Waals surface area contributed by atoms with Gasteiger partial charge in [0.25, 0.3) is 0 Å². The zero-order valence-corrected chi connectivity index (χ0v) is 16.0. The first kappa shape index (κ1) is 18.1. The average molecular weight is 404 g/mol. The van der Waals surface area contributed by atoms with Crippen molar-refractivity contribution >= 4 is 23.2 Å². The van der Waals surface area contributed by atoms with Crippen molar-refractivity contribution < 1.29 is 5.11 Å². The Balaban J connectivity index is 1.64. The minimum atomic E-state index is -0.490. The number of hydrogen-bond acceptors (Lipinski definition) is 7. The second kappa shape index (κ2) is 7.16. The number of benzene rings is 1. The Morgan fingerprint density at radius 3 is 2.77 bits per heavy atom. The fraction of sp³-hybridized carbons (Fsp3) is 0.200. The number of imidazole rings is 1. The predicted molar refractivity (Wildman–Crippen MR) is 111 cm³/mol. The normalized spacial score (nSPS) is 15.2. The van der Waals surface area contributed by atoms with Crippen molar-refractivity contribution in [3.8, 4) is 5.88 Å². The molecule has 6 N–H and O–H groups in total. The average Bonchev–Trinajstić information content (AvgIpc) is 3.37. The molecule has 5 rings (SSSR count). The molecule has 30 heavy (non-hydrogen) atoms. The van der Waals surface area contributed by atoms with Crippen LogP contribution in [0.15, 0.2) is 46.3 Å². The molecule has 0 aliphatic heterocycles. The highest BCUT2D eigenvalue weighted by molar-refractivity contribution is 5.61. The number of hydrogen-bond donors (Lipinski definition) is 5. The van der Waals surface area contributed by atoms with Gasteiger partial charge in [0.05, 0.1) is 12.2 Å². The van der Waals surface area contributed by atoms with Crippen LogP contribution in [-0.4, -0.2) is 35.7 Å². The van der Waals surface area contributed by atoms with Crippen molar-refractivity contribution in [3.05, 3.63) is 69.0 Å². The zero-order valence-electron chi connectivity index (χ0n) is 16.0. The first-order valence-corrected chi connectivity index (χ1v) is 9.61. The van der Waals surface area contributed by atoms with E-state index in [1.54, 1.807) is 16.8 Å². The van der Waals surface area contributed by atoms with E-state index in [4.69, 9.17) is 10.7 Å². The van der Waals surface area contributed by atoms with E-state index >= 15 is 0 Å². The minimum absolute atomic E-state index is 0.239. The van der Waals surface area contributed by atoms with E-state index in [1.807, 2.05) is 30.3 Å². The molecule has 10 nitrogen and oxygen atoms in total. The number of aromatic amines is 2. The number of H-pyrrole nitrogens is 2. The standard InChI is InChI=1S/C20H20N8O2/c21-9-11-1-3-13(4-2-11)23-16-8-17(24-14-5-6-14)28-18(26-16)12(10-22-28)7-15-19(29)27-20(30)25-15/h1-4,7-8,10,14,23,29H,5-6,9,21H2,(H2,25,27,30). The van der Waals surface area contributed by atoms with Gasteiger partial charge in [0.1, 0.15) is 11.5 Å². The zero-order chi connectivity index (χ0) is 20.7. The first-order chi connectivity index (χ1) is 14.6. The summed E-state index contributed by atoms with van der Waals surface area (Å²) in [7, 11) is 0. The maximum atomic E-state index is 11.4. The summed E-state index contributed by atoms with van der Waals surface area (Å²) in [5, 5.41) is 18.2. The van der Waals surface area contributed by atoms with Crippen LogP contribution in [0.25, 0.3) is 11.7 Å². The molecular formula is C20H20N8O2. The second-order valence-corrected chi connectivity index (χ2v) is 7.21. The van der Waals surface area contributed by atoms with Crippen LogP contribution >= 0.6 is 0 Å². The van der Waals surface area contributed by atoms with E-state index in [-0.39, 0.29) is 11.6 Å². The molecule has 1 aliphatic rings. The Morgan fingerprint density at radius 1 is 1.30 bits per heavy atom. The molecule has 0 bridgehead atoms. The molecule has 3 heterocycles. The Hall–Kier alpha value is -3.92. The fourth-order valence-electron chi connectivity index (χ4n) is 3.13. The number of anilines is 2. The monoisotopic (exact) mass is 404 g/mol. The maximum absolute atomic E-state index is 11.4. The van der Waals surface area contributed by atoms with Gasteiger partial charge in [0.2, 0.25) is 5.88 Å². The quantitative estimate of drug-likeness (QED) is 0.322. The van der Waals surface area contributed by atoms with E-state index in [0.29, 0.717) is 34.8 Å². The molecule has 4 aromatic rings. The van der Waals surface area contributed by atoms with E-state index in [1.165, 1.54) is 0 Å². The molecule has 0 radical (unpaired) electrons. The Labute approximate surface area is 169 Å². The van der Waals surface area contributed by atoms with Crippen LogP contribution in [0.4, 0.5) is 11.5 Å². The predicted octanol–water partition coefficient (Wildman–Crippen LogP) is 0.264. The molecule has 1 fully saturated rings. The summed E-state index contributed by atoms with van der Waals surface area (Å²) >= 11 is 0. The Bertz CT molecular complexity index is 1390. The van der Waals surface area contributed by atoms with Crippen molar-refractivity contribution in [1.82, 2.24) is 24.6 Å². The third-order valence-electron chi connectivity index (χ3n) is 4.84. The van der Waals surface area contributed by atoms with Crippen LogP contribution in [0.1, 0.15) is 24.1 Å². The molecule has 3 aromatic heterocycles. The number of nitrogens with one attached hydrogen (secondary N) is 3. The number of aromatic hydroxyl groups is 1. The second-order valence-electron chi connectivity index (χ2n) is 7.21. The summed E-state index contributed by atoms with van der Waals surface area (Å²) < 4.78 is 1.66. The van der Waals surface area contributed by atoms with Crippen molar-refractivity contribution in [2.75, 3.05) is 5.32 Å². The highest BCUT2D eigenvalue weighted by atomic mass is 16.3. The third-order valence-corrected chi connectivity index (χ3v) is 4.84. The number of nitrogens with two attached hydrogens (primary N) is 1. The highest BCUT2D eigenvalue weighted by Crippen LogP contribution is 2.22. The van der Waals surface area contributed by atoms with E-state index in [2.05, 4.69) is 25.4 Å². The smallest absolute Gasteiger partial charge is 0.326 e. The lowest BCUT2D eigenvalue weighted by Crippen LogP contribution is -2.19. The third kappa shape index (κ3) is 3.55. The van der Waals surface area contributed by atoms with Gasteiger partial charge < -0.3 is 21.1 Å². The number of nitrogens with zero attached hydrogens (tertiary/aromatic N) is 4. The Morgan fingerprint density at radius 2 is 2.10 bits per heavy atom. The maximum Gasteiger partial charge on any atom is 0.326 e. The first-order valence-electron chi connectivity index (χ1n) is 9.61. The molecule has 1 saturated carbocycles. The van der Waals surface area contributed by atoms with Crippen LogP contribution < -0.4 is 27.4 Å². The summed E-state index contributed by atoms with van der Waals surface area (Å²) in [5.41, 5.74) is 8.60. The van der Waals surface area contributed by atoms with Crippen LogP contribution in [-0.2, 0) is 6.54 Å². The van der Waals surface area contributed by atoms with Crippen LogP contribution in [0.5, 0.6) is 5.88 Å². The van der Waals surface area contributed by atoms with Crippen LogP contribution in [0.3, 0.4) is 0 Å². The van der Waals surface area contributed by atoms with Crippen LogP contribution in [0, 0.1) is 0 Å². The molecule has 152 valence electrons. The summed E-state index contributed by atoms with van der Waals surface area (Å²) in [4.78, 5) is 25.7. The van der Waals surface area contributed by atoms with Crippen molar-refractivity contribution in [3.63, 3.8) is 0 Å². The summed E-state index contributed by atoms with van der Waals surface area (Å²) in [5.74, 6) is 0.376. The topological polar surface area (TPSA) is 149 Å². The lowest BCUT2D eigenvalue weighted by molar-refractivity contribution is 0.454. The summed E-state index contributed by atoms with van der Waals surface area (Å²) in [6.45, 7) is 0.484. The molecule has 0 amide bonds. The number of rotatable bonds is 5. The van der Waals surface area contributed by atoms with Crippen molar-refractivity contribution in [2.45, 2.75) is 25.4 Å². The number of aromatic nitrogens is 5. The van der Waals surface area contributed by atoms with Gasteiger partial charge in [-0.3, -0.25) is 9.98 Å². The minimum Gasteiger partial charge on any atom is -0.493 e. The van der Waals surface area contributed by atoms with Crippen LogP contribution in [0.2, 0.25) is 0 Å². The molecule has 0 spiro atoms. The van der Waals surface area contributed by atoms with Crippen molar-refractivity contribution in [1.29, 1.82) is 0 Å². The fourth-order valence-corrected chi connectivity index (χ4v) is 3.13. The van der Waals surface area contributed by atoms with Gasteiger partial charge in [-0.15, -0.1) is 0 Å². The Kier molecular flexibility index (Phi) is 4.32. The van der Waals surface area contributed by atoms with Gasteiger partial charge in [0.15, 0.2) is 11.1 Å². The molecule has 0 atom stereocenters. The molecule has 0 saturated heterocycles. The summed E-state index contributed by atoms with van der Waals surface area (Å²) in [6, 6.07) is 9.96. The van der Waals surface area contributed by atoms with Crippen molar-refractivity contribution in [2.24, 2.45) is 10.7 Å². The van der Waals surface area contributed by atoms with Gasteiger partial charge in [-0.05, 0) is 36.6 Å². The SMILES string of the molecule is NCc1ccc(Nc2cc(=NC3CC3)n3ncc(=Cc4[nH]c(=O)[nH]c4O)c3n2)cc1. The number of fused-ring (bicyclic) bond motifs is 1. The molecule has 10 heteroatoms. The van der Waals surface area contributed by atoms with E-state index < -0.39 is 5.69 Å². The van der Waals surface area contributed by atoms with Gasteiger partial charge in [0, 0.05) is 23.5 Å². The lowest BCUT2D eigenvalue weighted by Gasteiger charge is -2.07. The van der Waals surface area contributed by atoms with E-state index in [0.717, 1.165) is 24.1 Å². The molecule has 0 unspecified atom stereocenters. The molecule has 1 aromatic carbocycles. The van der Waals surface area contributed by atoms with E-state index in [9.17, 15) is 9.90 Å². The van der Waals surface area contributed by atoms with Gasteiger partial charge in [-0.25, -0.2) is 9.78 Å². The highest BCUT2D eigenvalue weighted by Gasteiger charge is 2.20. The van der Waals surface area contributed by atoms with Gasteiger partial charge in [-0.2, -0.15) is 9.61 Å². The molecule has 1 aliphatic carbocycles. The molecular weight excluding hydrogens is 384 g/mol. The summed E-state index contributed by atoms with van der Waals surface area (Å²) in [6.07, 6.45) is 5.36. The van der Waals surface area contributed by atoms with Gasteiger partial charge >= 0.3 is 5.69 Å². The largest absolute Gasteiger partial charge is 0.493 e.